The zero-order chi connectivity index (χ0) is 17.9. The van der Waals surface area contributed by atoms with Crippen LogP contribution < -0.4 is 11.2 Å². The summed E-state index contributed by atoms with van der Waals surface area (Å²) in [6, 6.07) is 3.57. The first-order chi connectivity index (χ1) is 12.7. The van der Waals surface area contributed by atoms with Crippen LogP contribution in [0.1, 0.15) is 30.5 Å². The van der Waals surface area contributed by atoms with E-state index in [9.17, 15) is 9.59 Å². The van der Waals surface area contributed by atoms with Gasteiger partial charge in [0, 0.05) is 38.1 Å². The molecule has 2 aromatic rings. The molecule has 0 aromatic carbocycles. The number of rotatable bonds is 5. The summed E-state index contributed by atoms with van der Waals surface area (Å²) in [7, 11) is 0. The number of hydrogen-bond acceptors (Lipinski definition) is 5. The number of piperidine rings is 1. The van der Waals surface area contributed by atoms with Gasteiger partial charge in [-0.15, -0.1) is 0 Å². The minimum Gasteiger partial charge on any atom is -0.302 e. The monoisotopic (exact) mass is 355 g/mol. The van der Waals surface area contributed by atoms with Crippen molar-refractivity contribution in [2.75, 3.05) is 19.6 Å². The molecule has 7 nitrogen and oxygen atoms in total. The summed E-state index contributed by atoms with van der Waals surface area (Å²) in [5.41, 5.74) is 2.11. The molecule has 0 atom stereocenters. The number of aromatic nitrogens is 4. The van der Waals surface area contributed by atoms with Crippen molar-refractivity contribution >= 4 is 0 Å². The van der Waals surface area contributed by atoms with Crippen LogP contribution >= 0.6 is 0 Å². The van der Waals surface area contributed by atoms with Crippen molar-refractivity contribution in [3.8, 4) is 0 Å². The largest absolute Gasteiger partial charge is 0.347 e. The third kappa shape index (κ3) is 3.77. The SMILES string of the molecule is O=c1ncccn1CCN1CCC(Cn2nc3c(cc2=O)CCC3)CC1. The van der Waals surface area contributed by atoms with E-state index in [0.717, 1.165) is 69.5 Å². The number of fused-ring (bicyclic) bond motifs is 1. The van der Waals surface area contributed by atoms with Gasteiger partial charge in [-0.3, -0.25) is 9.36 Å². The zero-order valence-electron chi connectivity index (χ0n) is 15.0. The van der Waals surface area contributed by atoms with Crippen LogP contribution in [0.2, 0.25) is 0 Å². The van der Waals surface area contributed by atoms with Crippen LogP contribution in [0.5, 0.6) is 0 Å². The van der Waals surface area contributed by atoms with E-state index in [-0.39, 0.29) is 11.2 Å². The Balaban J connectivity index is 1.30. The van der Waals surface area contributed by atoms with Gasteiger partial charge >= 0.3 is 5.69 Å². The van der Waals surface area contributed by atoms with E-state index in [1.807, 2.05) is 0 Å². The summed E-state index contributed by atoms with van der Waals surface area (Å²) in [4.78, 5) is 30.1. The first-order valence-electron chi connectivity index (χ1n) is 9.53. The van der Waals surface area contributed by atoms with Gasteiger partial charge in [0.05, 0.1) is 5.69 Å². The maximum atomic E-state index is 12.3. The lowest BCUT2D eigenvalue weighted by Crippen LogP contribution is -2.39. The van der Waals surface area contributed by atoms with Crippen LogP contribution in [0, 0.1) is 5.92 Å². The van der Waals surface area contributed by atoms with Crippen molar-refractivity contribution in [2.45, 2.75) is 45.2 Å². The molecule has 2 aromatic heterocycles. The van der Waals surface area contributed by atoms with E-state index in [1.165, 1.54) is 6.20 Å². The normalized spacial score (nSPS) is 18.2. The summed E-state index contributed by atoms with van der Waals surface area (Å²) in [6.07, 6.45) is 8.55. The predicted octanol–water partition coefficient (Wildman–Crippen LogP) is 0.701. The van der Waals surface area contributed by atoms with Gasteiger partial charge in [0.15, 0.2) is 0 Å². The molecule has 4 rings (SSSR count). The van der Waals surface area contributed by atoms with Gasteiger partial charge in [-0.2, -0.15) is 5.10 Å². The van der Waals surface area contributed by atoms with Crippen LogP contribution in [-0.4, -0.2) is 43.9 Å². The van der Waals surface area contributed by atoms with Gasteiger partial charge in [0.1, 0.15) is 0 Å². The van der Waals surface area contributed by atoms with Crippen molar-refractivity contribution in [1.29, 1.82) is 0 Å². The Morgan fingerprint density at radius 1 is 1.12 bits per heavy atom. The molecule has 26 heavy (non-hydrogen) atoms. The second-order valence-corrected chi connectivity index (χ2v) is 7.37. The van der Waals surface area contributed by atoms with E-state index >= 15 is 0 Å². The molecule has 0 bridgehead atoms. The molecule has 0 amide bonds. The minimum absolute atomic E-state index is 0.0454. The molecule has 0 saturated carbocycles. The first kappa shape index (κ1) is 17.1. The lowest BCUT2D eigenvalue weighted by atomic mass is 9.97. The second-order valence-electron chi connectivity index (χ2n) is 7.37. The highest BCUT2D eigenvalue weighted by molar-refractivity contribution is 5.22. The lowest BCUT2D eigenvalue weighted by molar-refractivity contribution is 0.164. The van der Waals surface area contributed by atoms with Crippen molar-refractivity contribution < 1.29 is 0 Å². The van der Waals surface area contributed by atoms with Crippen LogP contribution in [0.25, 0.3) is 0 Å². The fourth-order valence-electron chi connectivity index (χ4n) is 4.01. The molecule has 138 valence electrons. The van der Waals surface area contributed by atoms with E-state index < -0.39 is 0 Å². The van der Waals surface area contributed by atoms with Gasteiger partial charge in [0.2, 0.25) is 0 Å². The van der Waals surface area contributed by atoms with E-state index in [4.69, 9.17) is 0 Å². The summed E-state index contributed by atoms with van der Waals surface area (Å²) >= 11 is 0. The molecular formula is C19H25N5O2. The van der Waals surface area contributed by atoms with E-state index in [2.05, 4.69) is 15.0 Å². The molecule has 0 radical (unpaired) electrons. The van der Waals surface area contributed by atoms with Gasteiger partial charge < -0.3 is 4.90 Å². The molecule has 0 N–H and O–H groups in total. The van der Waals surface area contributed by atoms with Gasteiger partial charge in [-0.05, 0) is 62.7 Å². The van der Waals surface area contributed by atoms with Gasteiger partial charge in [-0.1, -0.05) is 0 Å². The summed E-state index contributed by atoms with van der Waals surface area (Å²) in [5.74, 6) is 0.497. The van der Waals surface area contributed by atoms with Crippen LogP contribution in [0.4, 0.5) is 0 Å². The van der Waals surface area contributed by atoms with Gasteiger partial charge in [-0.25, -0.2) is 14.5 Å². The van der Waals surface area contributed by atoms with E-state index in [0.29, 0.717) is 12.5 Å². The molecular weight excluding hydrogens is 330 g/mol. The highest BCUT2D eigenvalue weighted by Gasteiger charge is 2.21. The highest BCUT2D eigenvalue weighted by atomic mass is 16.1. The molecule has 0 unspecified atom stereocenters. The smallest absolute Gasteiger partial charge is 0.302 e. The maximum Gasteiger partial charge on any atom is 0.347 e. The van der Waals surface area contributed by atoms with Crippen molar-refractivity contribution in [3.05, 3.63) is 56.6 Å². The summed E-state index contributed by atoms with van der Waals surface area (Å²) in [5, 5.41) is 4.60. The Morgan fingerprint density at radius 3 is 2.77 bits per heavy atom. The summed E-state index contributed by atoms with van der Waals surface area (Å²) < 4.78 is 3.33. The molecule has 7 heteroatoms. The fourth-order valence-corrected chi connectivity index (χ4v) is 4.01. The molecule has 1 aliphatic heterocycles. The second kappa shape index (κ2) is 7.53. The van der Waals surface area contributed by atoms with Crippen molar-refractivity contribution in [3.63, 3.8) is 0 Å². The minimum atomic E-state index is -0.190. The third-order valence-corrected chi connectivity index (χ3v) is 5.60. The Hall–Kier alpha value is -2.28. The Kier molecular flexibility index (Phi) is 4.97. The number of likely N-dealkylation sites (tertiary alicyclic amines) is 1. The van der Waals surface area contributed by atoms with Gasteiger partial charge in [0.25, 0.3) is 5.56 Å². The fraction of sp³-hybridized carbons (Fsp3) is 0.579. The molecule has 1 saturated heterocycles. The van der Waals surface area contributed by atoms with E-state index in [1.54, 1.807) is 27.6 Å². The average Bonchev–Trinajstić information content (AvgIpc) is 3.09. The molecule has 1 aliphatic carbocycles. The van der Waals surface area contributed by atoms with Crippen LogP contribution in [0.15, 0.2) is 34.1 Å². The Morgan fingerprint density at radius 2 is 1.96 bits per heavy atom. The molecule has 1 fully saturated rings. The Bertz CT molecular complexity index is 880. The highest BCUT2D eigenvalue weighted by Crippen LogP contribution is 2.20. The van der Waals surface area contributed by atoms with Crippen molar-refractivity contribution in [2.24, 2.45) is 5.92 Å². The lowest BCUT2D eigenvalue weighted by Gasteiger charge is -2.32. The number of nitrogens with zero attached hydrogens (tertiary/aromatic N) is 5. The van der Waals surface area contributed by atoms with Crippen molar-refractivity contribution in [1.82, 2.24) is 24.2 Å². The maximum absolute atomic E-state index is 12.3. The third-order valence-electron chi connectivity index (χ3n) is 5.60. The zero-order valence-corrected chi connectivity index (χ0v) is 15.0. The topological polar surface area (TPSA) is 73.0 Å². The first-order valence-corrected chi connectivity index (χ1v) is 9.53. The standard InChI is InChI=1S/C19H25N5O2/c25-18-13-16-3-1-4-17(16)21-24(18)14-15-5-9-22(10-6-15)11-12-23-8-2-7-20-19(23)26/h2,7-8,13,15H,1,3-6,9-12,14H2. The quantitative estimate of drug-likeness (QED) is 0.789. The van der Waals surface area contributed by atoms with Crippen LogP contribution in [0.3, 0.4) is 0 Å². The number of aryl methyl sites for hydroxylation is 2. The Labute approximate surface area is 152 Å². The molecule has 2 aliphatic rings. The molecule has 3 heterocycles. The predicted molar refractivity (Wildman–Crippen MR) is 98.2 cm³/mol. The number of hydrogen-bond donors (Lipinski definition) is 0. The summed E-state index contributed by atoms with van der Waals surface area (Å²) in [6.45, 7) is 4.25. The van der Waals surface area contributed by atoms with Crippen LogP contribution in [-0.2, 0) is 25.9 Å². The average molecular weight is 355 g/mol. The molecule has 0 spiro atoms.